The number of rotatable bonds is 4. The molecule has 0 saturated carbocycles. The quantitative estimate of drug-likeness (QED) is 0.180. The van der Waals surface area contributed by atoms with Crippen LogP contribution in [0.3, 0.4) is 0 Å². The monoisotopic (exact) mass is 814 g/mol. The van der Waals surface area contributed by atoms with Crippen LogP contribution in [-0.2, 0) is 19.8 Å². The van der Waals surface area contributed by atoms with E-state index < -0.39 is 0 Å². The third-order valence-electron chi connectivity index (χ3n) is 5.33. The van der Waals surface area contributed by atoms with Crippen LogP contribution < -0.4 is 0 Å². The molecule has 0 aromatic carbocycles. The molecule has 0 unspecified atom stereocenters. The maximum absolute atomic E-state index is 4.60. The maximum atomic E-state index is 4.60. The van der Waals surface area contributed by atoms with Crippen molar-refractivity contribution in [2.24, 2.45) is 0 Å². The molecule has 6 rings (SSSR count). The van der Waals surface area contributed by atoms with Crippen LogP contribution in [0.15, 0.2) is 131 Å². The minimum Gasteiger partial charge on any atom is -0.255 e. The van der Waals surface area contributed by atoms with Crippen molar-refractivity contribution in [3.63, 3.8) is 0 Å². The zero-order valence-corrected chi connectivity index (χ0v) is 26.1. The van der Waals surface area contributed by atoms with Crippen LogP contribution in [0.4, 0.5) is 0 Å². The maximum Gasteiger partial charge on any atom is 0.0894 e. The molecule has 6 nitrogen and oxygen atoms in total. The van der Waals surface area contributed by atoms with Gasteiger partial charge in [-0.3, -0.25) is 19.9 Å². The SMILES string of the molecule is Brc1ccc(-c2cccc(-c3ccccn3)n2)nc1.Brc1ccc(-c2cccc(-c3ccccn3)n2)nc1.[Os]. The summed E-state index contributed by atoms with van der Waals surface area (Å²) in [6, 6.07) is 31.1. The number of hydrogen-bond acceptors (Lipinski definition) is 6. The third-order valence-corrected chi connectivity index (χ3v) is 6.27. The summed E-state index contributed by atoms with van der Waals surface area (Å²) < 4.78 is 1.91. The molecule has 0 N–H and O–H groups in total. The Morgan fingerprint density at radius 1 is 0.359 bits per heavy atom. The summed E-state index contributed by atoms with van der Waals surface area (Å²) in [6.07, 6.45) is 7.07. The minimum absolute atomic E-state index is 0. The van der Waals surface area contributed by atoms with Crippen molar-refractivity contribution >= 4 is 31.9 Å². The van der Waals surface area contributed by atoms with Crippen molar-refractivity contribution < 1.29 is 19.8 Å². The first-order valence-corrected chi connectivity index (χ1v) is 13.2. The first kappa shape index (κ1) is 28.5. The molecule has 0 bridgehead atoms. The summed E-state index contributed by atoms with van der Waals surface area (Å²) in [7, 11) is 0. The Hall–Kier alpha value is -3.50. The van der Waals surface area contributed by atoms with Crippen molar-refractivity contribution in [3.05, 3.63) is 131 Å². The van der Waals surface area contributed by atoms with Gasteiger partial charge in [-0.15, -0.1) is 0 Å². The predicted octanol–water partition coefficient (Wildman–Crippen LogP) is 7.93. The molecule has 0 saturated heterocycles. The summed E-state index contributed by atoms with van der Waals surface area (Å²) in [5.74, 6) is 0. The van der Waals surface area contributed by atoms with Gasteiger partial charge in [-0.05, 0) is 105 Å². The van der Waals surface area contributed by atoms with Crippen molar-refractivity contribution in [3.8, 4) is 45.6 Å². The molecular weight excluding hydrogens is 794 g/mol. The van der Waals surface area contributed by atoms with Crippen molar-refractivity contribution in [2.45, 2.75) is 0 Å². The molecule has 0 aliphatic rings. The summed E-state index contributed by atoms with van der Waals surface area (Å²) >= 11 is 6.75. The van der Waals surface area contributed by atoms with Crippen molar-refractivity contribution in [1.82, 2.24) is 29.9 Å². The number of nitrogens with zero attached hydrogens (tertiary/aromatic N) is 6. The molecule has 192 valence electrons. The van der Waals surface area contributed by atoms with Crippen molar-refractivity contribution in [2.75, 3.05) is 0 Å². The fraction of sp³-hybridized carbons (Fsp3) is 0. The smallest absolute Gasteiger partial charge is 0.0894 e. The van der Waals surface area contributed by atoms with Gasteiger partial charge in [0.05, 0.1) is 45.6 Å². The van der Waals surface area contributed by atoms with E-state index in [1.165, 1.54) is 0 Å². The summed E-state index contributed by atoms with van der Waals surface area (Å²) in [4.78, 5) is 26.5. The predicted molar refractivity (Wildman–Crippen MR) is 157 cm³/mol. The van der Waals surface area contributed by atoms with Crippen LogP contribution in [0.2, 0.25) is 0 Å². The molecule has 0 atom stereocenters. The standard InChI is InChI=1S/2C15H10BrN3.Os/c2*16-11-7-8-13(18-10-11)15-6-3-5-14(19-15)12-4-1-2-9-17-12;/h2*1-10H;. The largest absolute Gasteiger partial charge is 0.255 e. The second-order valence-corrected chi connectivity index (χ2v) is 9.80. The molecule has 0 spiro atoms. The zero-order valence-electron chi connectivity index (χ0n) is 20.3. The first-order valence-electron chi connectivity index (χ1n) is 11.7. The molecular formula is C30H20Br2N6Os. The van der Waals surface area contributed by atoms with Crippen LogP contribution >= 0.6 is 31.9 Å². The Bertz CT molecular complexity index is 1490. The molecule has 6 aromatic heterocycles. The van der Waals surface area contributed by atoms with E-state index in [9.17, 15) is 0 Å². The van der Waals surface area contributed by atoms with Gasteiger partial charge in [0.15, 0.2) is 0 Å². The number of halogens is 2. The fourth-order valence-electron chi connectivity index (χ4n) is 3.52. The van der Waals surface area contributed by atoms with Crippen LogP contribution in [0, 0.1) is 0 Å². The number of hydrogen-bond donors (Lipinski definition) is 0. The molecule has 6 heterocycles. The number of aromatic nitrogens is 6. The van der Waals surface area contributed by atoms with Gasteiger partial charge in [-0.2, -0.15) is 0 Å². The summed E-state index contributed by atoms with van der Waals surface area (Å²) in [6.45, 7) is 0. The Balaban J connectivity index is 0.000000176. The van der Waals surface area contributed by atoms with Gasteiger partial charge in [-0.1, -0.05) is 24.3 Å². The first-order chi connectivity index (χ1) is 18.7. The molecule has 6 aromatic rings. The molecule has 0 amide bonds. The van der Waals surface area contributed by atoms with Gasteiger partial charge in [0, 0.05) is 53.5 Å². The van der Waals surface area contributed by atoms with E-state index in [0.717, 1.165) is 54.5 Å². The Labute approximate surface area is 256 Å². The average Bonchev–Trinajstić information content (AvgIpc) is 2.99. The Kier molecular flexibility index (Phi) is 10.3. The van der Waals surface area contributed by atoms with E-state index in [-0.39, 0.29) is 19.8 Å². The van der Waals surface area contributed by atoms with Gasteiger partial charge in [0.25, 0.3) is 0 Å². The molecule has 0 radical (unpaired) electrons. The Morgan fingerprint density at radius 2 is 0.718 bits per heavy atom. The van der Waals surface area contributed by atoms with Gasteiger partial charge in [0.2, 0.25) is 0 Å². The van der Waals surface area contributed by atoms with Crippen molar-refractivity contribution in [1.29, 1.82) is 0 Å². The van der Waals surface area contributed by atoms with Crippen LogP contribution in [-0.4, -0.2) is 29.9 Å². The van der Waals surface area contributed by atoms with E-state index in [2.05, 4.69) is 61.8 Å². The normalized spacial score (nSPS) is 10.1. The summed E-state index contributed by atoms with van der Waals surface area (Å²) in [5.41, 5.74) is 6.81. The van der Waals surface area contributed by atoms with E-state index in [1.807, 2.05) is 97.1 Å². The second-order valence-electron chi connectivity index (χ2n) is 7.97. The van der Waals surface area contributed by atoms with Gasteiger partial charge in [0.1, 0.15) is 0 Å². The van der Waals surface area contributed by atoms with Gasteiger partial charge in [-0.25, -0.2) is 9.97 Å². The van der Waals surface area contributed by atoms with E-state index in [1.54, 1.807) is 24.8 Å². The molecule has 0 aliphatic carbocycles. The molecule has 39 heavy (non-hydrogen) atoms. The molecule has 0 aliphatic heterocycles. The average molecular weight is 815 g/mol. The van der Waals surface area contributed by atoms with E-state index in [4.69, 9.17) is 0 Å². The van der Waals surface area contributed by atoms with Crippen LogP contribution in [0.5, 0.6) is 0 Å². The van der Waals surface area contributed by atoms with Crippen LogP contribution in [0.1, 0.15) is 0 Å². The van der Waals surface area contributed by atoms with E-state index >= 15 is 0 Å². The van der Waals surface area contributed by atoms with Gasteiger partial charge < -0.3 is 0 Å². The zero-order chi connectivity index (χ0) is 26.2. The molecule has 0 fully saturated rings. The van der Waals surface area contributed by atoms with Crippen LogP contribution in [0.25, 0.3) is 45.6 Å². The Morgan fingerprint density at radius 3 is 1.03 bits per heavy atom. The minimum atomic E-state index is 0. The number of pyridine rings is 6. The van der Waals surface area contributed by atoms with E-state index in [0.29, 0.717) is 0 Å². The van der Waals surface area contributed by atoms with Gasteiger partial charge >= 0.3 is 0 Å². The topological polar surface area (TPSA) is 77.3 Å². The fourth-order valence-corrected chi connectivity index (χ4v) is 3.99. The third kappa shape index (κ3) is 7.76. The molecule has 9 heteroatoms. The second kappa shape index (κ2) is 14.0. The summed E-state index contributed by atoms with van der Waals surface area (Å²) in [5, 5.41) is 0.